The Labute approximate surface area is 190 Å². The van der Waals surface area contributed by atoms with Crippen LogP contribution in [-0.2, 0) is 28.8 Å². The summed E-state index contributed by atoms with van der Waals surface area (Å²) in [6.45, 7) is 3.67. The molecule has 9 N–H and O–H groups in total. The fraction of sp³-hybridized carbons (Fsp3) is 0.667. The van der Waals surface area contributed by atoms with E-state index in [-0.39, 0.29) is 18.1 Å². The maximum Gasteiger partial charge on any atom is 0.327 e. The molecule has 0 aliphatic carbocycles. The average Bonchev–Trinajstić information content (AvgIpc) is 2.66. The van der Waals surface area contributed by atoms with Gasteiger partial charge < -0.3 is 37.6 Å². The number of carbonyl (C=O) groups excluding carboxylic acids is 4. The number of carboxylic acid groups (broad SMARTS) is 2. The first kappa shape index (κ1) is 29.1. The fourth-order valence-electron chi connectivity index (χ4n) is 2.57. The van der Waals surface area contributed by atoms with Gasteiger partial charge >= 0.3 is 11.9 Å². The largest absolute Gasteiger partial charge is 0.481 e. The van der Waals surface area contributed by atoms with Crippen LogP contribution in [0.4, 0.5) is 0 Å². The van der Waals surface area contributed by atoms with E-state index in [1.807, 2.05) is 13.8 Å². The molecule has 0 fully saturated rings. The Bertz CT molecular complexity index is 717. The van der Waals surface area contributed by atoms with Crippen LogP contribution in [0.2, 0.25) is 0 Å². The lowest BCUT2D eigenvalue weighted by molar-refractivity contribution is -0.142. The summed E-state index contributed by atoms with van der Waals surface area (Å²) in [4.78, 5) is 70.8. The van der Waals surface area contributed by atoms with Crippen molar-refractivity contribution in [1.29, 1.82) is 0 Å². The highest BCUT2D eigenvalue weighted by atomic mass is 32.1. The molecule has 0 heterocycles. The van der Waals surface area contributed by atoms with Crippen LogP contribution >= 0.6 is 12.6 Å². The molecule has 13 nitrogen and oxygen atoms in total. The van der Waals surface area contributed by atoms with E-state index in [2.05, 4.69) is 28.6 Å². The predicted octanol–water partition coefficient (Wildman–Crippen LogP) is -2.43. The predicted molar refractivity (Wildman–Crippen MR) is 115 cm³/mol. The van der Waals surface area contributed by atoms with Gasteiger partial charge in [0, 0.05) is 12.2 Å². The second kappa shape index (κ2) is 14.2. The second-order valence-corrected chi connectivity index (χ2v) is 7.91. The minimum absolute atomic E-state index is 0.0808. The van der Waals surface area contributed by atoms with Crippen molar-refractivity contribution in [1.82, 2.24) is 16.0 Å². The molecule has 0 aliphatic rings. The molecular weight excluding hydrogens is 446 g/mol. The van der Waals surface area contributed by atoms with Crippen molar-refractivity contribution in [2.45, 2.75) is 63.7 Å². The summed E-state index contributed by atoms with van der Waals surface area (Å²) in [6.07, 6.45) is -1.20. The van der Waals surface area contributed by atoms with Crippen molar-refractivity contribution in [3.05, 3.63) is 0 Å². The van der Waals surface area contributed by atoms with Crippen molar-refractivity contribution in [3.63, 3.8) is 0 Å². The van der Waals surface area contributed by atoms with Gasteiger partial charge in [-0.3, -0.25) is 24.0 Å². The van der Waals surface area contributed by atoms with Gasteiger partial charge in [0.2, 0.25) is 23.6 Å². The minimum atomic E-state index is -1.47. The zero-order chi connectivity index (χ0) is 25.0. The number of rotatable bonds is 15. The van der Waals surface area contributed by atoms with E-state index in [4.69, 9.17) is 21.7 Å². The lowest BCUT2D eigenvalue weighted by Gasteiger charge is -2.24. The molecule has 0 aromatic carbocycles. The Morgan fingerprint density at radius 3 is 1.81 bits per heavy atom. The first-order chi connectivity index (χ1) is 14.8. The monoisotopic (exact) mass is 477 g/mol. The molecule has 14 heteroatoms. The highest BCUT2D eigenvalue weighted by molar-refractivity contribution is 7.80. The van der Waals surface area contributed by atoms with Crippen LogP contribution in [0, 0.1) is 5.92 Å². The van der Waals surface area contributed by atoms with Gasteiger partial charge in [-0.2, -0.15) is 12.6 Å². The molecule has 0 saturated heterocycles. The summed E-state index contributed by atoms with van der Waals surface area (Å²) >= 11 is 3.82. The molecule has 0 aromatic rings. The SMILES string of the molecule is CC(C)CC(N)C(=O)NC(CC(N)=O)C(=O)NC(CCC(=O)O)C(=O)NC(CS)C(=O)O. The van der Waals surface area contributed by atoms with Gasteiger partial charge in [0.15, 0.2) is 0 Å². The Kier molecular flexibility index (Phi) is 13.0. The third-order valence-corrected chi connectivity index (χ3v) is 4.54. The Morgan fingerprint density at radius 1 is 0.875 bits per heavy atom. The number of nitrogens with two attached hydrogens (primary N) is 2. The zero-order valence-electron chi connectivity index (χ0n) is 17.9. The second-order valence-electron chi connectivity index (χ2n) is 7.54. The number of carbonyl (C=O) groups is 6. The van der Waals surface area contributed by atoms with Crippen LogP contribution in [0.3, 0.4) is 0 Å². The topological polar surface area (TPSA) is 231 Å². The van der Waals surface area contributed by atoms with Gasteiger partial charge in [0.25, 0.3) is 0 Å². The van der Waals surface area contributed by atoms with Gasteiger partial charge in [-0.15, -0.1) is 0 Å². The van der Waals surface area contributed by atoms with E-state index in [1.54, 1.807) is 0 Å². The number of carboxylic acids is 2. The summed E-state index contributed by atoms with van der Waals surface area (Å²) < 4.78 is 0. The Morgan fingerprint density at radius 2 is 1.38 bits per heavy atom. The van der Waals surface area contributed by atoms with Crippen molar-refractivity contribution in [2.24, 2.45) is 17.4 Å². The van der Waals surface area contributed by atoms with E-state index in [0.29, 0.717) is 6.42 Å². The van der Waals surface area contributed by atoms with Gasteiger partial charge in [-0.05, 0) is 18.8 Å². The molecule has 32 heavy (non-hydrogen) atoms. The molecule has 0 radical (unpaired) electrons. The number of thiol groups is 1. The number of hydrogen-bond donors (Lipinski definition) is 8. The molecule has 4 amide bonds. The average molecular weight is 478 g/mol. The summed E-state index contributed by atoms with van der Waals surface area (Å²) in [7, 11) is 0. The Balaban J connectivity index is 5.49. The van der Waals surface area contributed by atoms with Crippen LogP contribution in [0.15, 0.2) is 0 Å². The molecule has 4 unspecified atom stereocenters. The smallest absolute Gasteiger partial charge is 0.327 e. The summed E-state index contributed by atoms with van der Waals surface area (Å²) in [5, 5.41) is 24.6. The normalized spacial score (nSPS) is 14.5. The number of aliphatic carboxylic acids is 2. The van der Waals surface area contributed by atoms with Gasteiger partial charge in [-0.25, -0.2) is 4.79 Å². The van der Waals surface area contributed by atoms with E-state index in [1.165, 1.54) is 0 Å². The van der Waals surface area contributed by atoms with Crippen molar-refractivity contribution < 1.29 is 39.0 Å². The van der Waals surface area contributed by atoms with Crippen molar-refractivity contribution in [2.75, 3.05) is 5.75 Å². The van der Waals surface area contributed by atoms with E-state index in [0.717, 1.165) is 0 Å². The van der Waals surface area contributed by atoms with E-state index < -0.39 is 72.6 Å². The Hall–Kier alpha value is -2.87. The maximum absolute atomic E-state index is 12.7. The molecule has 0 rings (SSSR count). The molecule has 182 valence electrons. The standard InChI is InChI=1S/C18H31N5O8S/c1-8(2)5-9(19)15(27)22-11(6-13(20)24)17(29)21-10(3-4-14(25)26)16(28)23-12(7-32)18(30)31/h8-12,32H,3-7,19H2,1-2H3,(H2,20,24)(H,21,29)(H,22,27)(H,23,28)(H,25,26)(H,30,31). The van der Waals surface area contributed by atoms with Crippen LogP contribution < -0.4 is 27.4 Å². The van der Waals surface area contributed by atoms with Crippen LogP contribution in [0.1, 0.15) is 39.5 Å². The zero-order valence-corrected chi connectivity index (χ0v) is 18.8. The quantitative estimate of drug-likeness (QED) is 0.117. The molecule has 0 bridgehead atoms. The molecular formula is C18H31N5O8S. The molecule has 4 atom stereocenters. The van der Waals surface area contributed by atoms with Gasteiger partial charge in [0.05, 0.1) is 12.5 Å². The molecule has 0 saturated carbocycles. The van der Waals surface area contributed by atoms with Crippen LogP contribution in [0.25, 0.3) is 0 Å². The van der Waals surface area contributed by atoms with Gasteiger partial charge in [-0.1, -0.05) is 13.8 Å². The molecule has 0 aliphatic heterocycles. The first-order valence-electron chi connectivity index (χ1n) is 9.78. The molecule has 0 aromatic heterocycles. The third-order valence-electron chi connectivity index (χ3n) is 4.18. The first-order valence-corrected chi connectivity index (χ1v) is 10.4. The number of hydrogen-bond acceptors (Lipinski definition) is 8. The fourth-order valence-corrected chi connectivity index (χ4v) is 2.82. The third kappa shape index (κ3) is 11.5. The number of primary amides is 1. The lowest BCUT2D eigenvalue weighted by atomic mass is 10.0. The summed E-state index contributed by atoms with van der Waals surface area (Å²) in [6, 6.07) is -5.28. The van der Waals surface area contributed by atoms with Crippen LogP contribution in [0.5, 0.6) is 0 Å². The van der Waals surface area contributed by atoms with Crippen molar-refractivity contribution in [3.8, 4) is 0 Å². The number of amides is 4. The summed E-state index contributed by atoms with van der Waals surface area (Å²) in [5.41, 5.74) is 10.9. The van der Waals surface area contributed by atoms with Gasteiger partial charge in [0.1, 0.15) is 18.1 Å². The molecule has 0 spiro atoms. The number of nitrogens with one attached hydrogen (secondary N) is 3. The summed E-state index contributed by atoms with van der Waals surface area (Å²) in [5.74, 6) is -6.41. The maximum atomic E-state index is 12.7. The van der Waals surface area contributed by atoms with Crippen LogP contribution in [-0.4, -0.2) is 75.7 Å². The highest BCUT2D eigenvalue weighted by Gasteiger charge is 2.31. The van der Waals surface area contributed by atoms with E-state index >= 15 is 0 Å². The lowest BCUT2D eigenvalue weighted by Crippen LogP contribution is -2.58. The minimum Gasteiger partial charge on any atom is -0.481 e. The van der Waals surface area contributed by atoms with E-state index in [9.17, 15) is 28.8 Å². The van der Waals surface area contributed by atoms with Crippen molar-refractivity contribution >= 4 is 48.2 Å². The highest BCUT2D eigenvalue weighted by Crippen LogP contribution is 2.05.